The van der Waals surface area contributed by atoms with Crippen molar-refractivity contribution < 1.29 is 17.6 Å². The molecule has 1 heterocycles. The molecule has 1 saturated heterocycles. The van der Waals surface area contributed by atoms with Crippen LogP contribution in [0.15, 0.2) is 71.6 Å². The molecular weight excluding hydrogens is 441 g/mol. The van der Waals surface area contributed by atoms with E-state index in [9.17, 15) is 17.6 Å². The molecule has 33 heavy (non-hydrogen) atoms. The highest BCUT2D eigenvalue weighted by atomic mass is 32.2. The summed E-state index contributed by atoms with van der Waals surface area (Å²) in [6, 6.07) is 18.0. The fourth-order valence-electron chi connectivity index (χ4n) is 3.98. The molecule has 4 rings (SSSR count). The maximum atomic E-state index is 13.2. The van der Waals surface area contributed by atoms with E-state index in [1.807, 2.05) is 36.9 Å². The van der Waals surface area contributed by atoms with E-state index in [0.29, 0.717) is 26.2 Å². The van der Waals surface area contributed by atoms with Crippen LogP contribution in [0.1, 0.15) is 21.5 Å². The number of rotatable bonds is 5. The van der Waals surface area contributed by atoms with Crippen molar-refractivity contribution in [2.75, 3.05) is 36.4 Å². The van der Waals surface area contributed by atoms with Crippen LogP contribution in [0.25, 0.3) is 0 Å². The average Bonchev–Trinajstić information content (AvgIpc) is 2.82. The molecule has 1 aliphatic rings. The summed E-state index contributed by atoms with van der Waals surface area (Å²) in [5.41, 5.74) is 3.74. The first-order valence-electron chi connectivity index (χ1n) is 10.7. The third-order valence-corrected chi connectivity index (χ3v) is 7.78. The molecule has 3 aromatic rings. The zero-order valence-electron chi connectivity index (χ0n) is 18.6. The molecule has 0 saturated carbocycles. The van der Waals surface area contributed by atoms with Gasteiger partial charge in [0.05, 0.1) is 4.90 Å². The summed E-state index contributed by atoms with van der Waals surface area (Å²) in [5.74, 6) is -0.660. The van der Waals surface area contributed by atoms with Crippen LogP contribution in [0.2, 0.25) is 0 Å². The minimum absolute atomic E-state index is 0.0897. The third kappa shape index (κ3) is 4.91. The molecule has 0 aromatic heterocycles. The van der Waals surface area contributed by atoms with Crippen molar-refractivity contribution >= 4 is 27.3 Å². The second-order valence-electron chi connectivity index (χ2n) is 8.12. The number of para-hydroxylation sites is 1. The van der Waals surface area contributed by atoms with Gasteiger partial charge in [-0.15, -0.1) is 0 Å². The van der Waals surface area contributed by atoms with E-state index in [1.165, 1.54) is 28.6 Å². The Bertz CT molecular complexity index is 1250. The van der Waals surface area contributed by atoms with Gasteiger partial charge in [-0.2, -0.15) is 4.31 Å². The standard InChI is InChI=1S/C25H26FN3O3S/c1-18-5-3-6-19(2)24(18)27-25(30)20-7-4-8-23(17-20)33(31,32)29-15-13-28(14-16-29)22-11-9-21(26)10-12-22/h3-12,17H,13-16H2,1-2H3,(H,27,30). The number of carbonyl (C=O) groups excluding carboxylic acids is 1. The Labute approximate surface area is 193 Å². The van der Waals surface area contributed by atoms with Crippen LogP contribution in [-0.4, -0.2) is 44.8 Å². The smallest absolute Gasteiger partial charge is 0.255 e. The van der Waals surface area contributed by atoms with Crippen molar-refractivity contribution in [1.82, 2.24) is 4.31 Å². The molecular formula is C25H26FN3O3S. The summed E-state index contributed by atoms with van der Waals surface area (Å²) in [6.07, 6.45) is 0. The summed E-state index contributed by atoms with van der Waals surface area (Å²) in [7, 11) is -3.75. The van der Waals surface area contributed by atoms with E-state index < -0.39 is 10.0 Å². The number of hydrogen-bond acceptors (Lipinski definition) is 4. The van der Waals surface area contributed by atoms with Crippen molar-refractivity contribution in [2.24, 2.45) is 0 Å². The van der Waals surface area contributed by atoms with E-state index in [-0.39, 0.29) is 22.2 Å². The van der Waals surface area contributed by atoms with Crippen molar-refractivity contribution in [2.45, 2.75) is 18.7 Å². The maximum absolute atomic E-state index is 13.2. The number of sulfonamides is 1. The number of aryl methyl sites for hydroxylation is 2. The number of hydrogen-bond donors (Lipinski definition) is 1. The largest absolute Gasteiger partial charge is 0.369 e. The molecule has 1 fully saturated rings. The minimum atomic E-state index is -3.75. The predicted octanol–water partition coefficient (Wildman–Crippen LogP) is 4.21. The van der Waals surface area contributed by atoms with Crippen LogP contribution in [0, 0.1) is 19.7 Å². The van der Waals surface area contributed by atoms with Gasteiger partial charge in [0, 0.05) is 43.1 Å². The number of piperazine rings is 1. The Kier molecular flexibility index (Phi) is 6.49. The second kappa shape index (κ2) is 9.33. The summed E-state index contributed by atoms with van der Waals surface area (Å²) >= 11 is 0. The lowest BCUT2D eigenvalue weighted by atomic mass is 10.1. The van der Waals surface area contributed by atoms with Gasteiger partial charge in [-0.1, -0.05) is 24.3 Å². The highest BCUT2D eigenvalue weighted by molar-refractivity contribution is 7.89. The fourth-order valence-corrected chi connectivity index (χ4v) is 5.45. The molecule has 0 unspecified atom stereocenters. The molecule has 1 N–H and O–H groups in total. The van der Waals surface area contributed by atoms with Crippen molar-refractivity contribution in [3.63, 3.8) is 0 Å². The summed E-state index contributed by atoms with van der Waals surface area (Å²) in [6.45, 7) is 5.43. The van der Waals surface area contributed by atoms with E-state index >= 15 is 0 Å². The second-order valence-corrected chi connectivity index (χ2v) is 10.1. The van der Waals surface area contributed by atoms with Gasteiger partial charge in [0.25, 0.3) is 5.91 Å². The third-order valence-electron chi connectivity index (χ3n) is 5.88. The van der Waals surface area contributed by atoms with Gasteiger partial charge in [-0.05, 0) is 67.4 Å². The number of nitrogens with one attached hydrogen (secondary N) is 1. The molecule has 0 spiro atoms. The van der Waals surface area contributed by atoms with E-state index in [0.717, 1.165) is 22.5 Å². The predicted molar refractivity (Wildman–Crippen MR) is 128 cm³/mol. The maximum Gasteiger partial charge on any atom is 0.255 e. The quantitative estimate of drug-likeness (QED) is 0.611. The Hall–Kier alpha value is -3.23. The molecule has 6 nitrogen and oxygen atoms in total. The SMILES string of the molecule is Cc1cccc(C)c1NC(=O)c1cccc(S(=O)(=O)N2CCN(c3ccc(F)cc3)CC2)c1. The lowest BCUT2D eigenvalue weighted by Crippen LogP contribution is -2.48. The van der Waals surface area contributed by atoms with Crippen LogP contribution < -0.4 is 10.2 Å². The fraction of sp³-hybridized carbons (Fsp3) is 0.240. The normalized spacial score (nSPS) is 14.8. The number of nitrogens with zero attached hydrogens (tertiary/aromatic N) is 2. The van der Waals surface area contributed by atoms with Crippen molar-refractivity contribution in [1.29, 1.82) is 0 Å². The monoisotopic (exact) mass is 467 g/mol. The highest BCUT2D eigenvalue weighted by Crippen LogP contribution is 2.24. The molecule has 0 atom stereocenters. The average molecular weight is 468 g/mol. The van der Waals surface area contributed by atoms with Crippen molar-refractivity contribution in [3.05, 3.63) is 89.2 Å². The van der Waals surface area contributed by atoms with Crippen LogP contribution in [-0.2, 0) is 10.0 Å². The summed E-state index contributed by atoms with van der Waals surface area (Å²) < 4.78 is 41.1. The number of anilines is 2. The Morgan fingerprint density at radius 3 is 2.12 bits per heavy atom. The number of amides is 1. The molecule has 3 aromatic carbocycles. The number of halogens is 1. The molecule has 1 amide bonds. The molecule has 0 radical (unpaired) electrons. The molecule has 0 bridgehead atoms. The van der Waals surface area contributed by atoms with Gasteiger partial charge in [0.15, 0.2) is 0 Å². The lowest BCUT2D eigenvalue weighted by Gasteiger charge is -2.35. The van der Waals surface area contributed by atoms with Gasteiger partial charge in [0.1, 0.15) is 5.82 Å². The number of benzene rings is 3. The minimum Gasteiger partial charge on any atom is -0.369 e. The summed E-state index contributed by atoms with van der Waals surface area (Å²) in [5, 5.41) is 2.90. The Morgan fingerprint density at radius 1 is 0.879 bits per heavy atom. The van der Waals surface area contributed by atoms with Crippen LogP contribution in [0.5, 0.6) is 0 Å². The van der Waals surface area contributed by atoms with Crippen molar-refractivity contribution in [3.8, 4) is 0 Å². The molecule has 8 heteroatoms. The lowest BCUT2D eigenvalue weighted by molar-refractivity contribution is 0.102. The number of carbonyl (C=O) groups is 1. The van der Waals surface area contributed by atoms with Gasteiger partial charge in [-0.25, -0.2) is 12.8 Å². The first-order valence-corrected chi connectivity index (χ1v) is 12.2. The summed E-state index contributed by atoms with van der Waals surface area (Å²) in [4.78, 5) is 15.0. The van der Waals surface area contributed by atoms with Gasteiger partial charge in [-0.3, -0.25) is 4.79 Å². The first kappa shape index (κ1) is 22.9. The van der Waals surface area contributed by atoms with Gasteiger partial charge in [0.2, 0.25) is 10.0 Å². The van der Waals surface area contributed by atoms with Crippen LogP contribution in [0.3, 0.4) is 0 Å². The molecule has 172 valence electrons. The Morgan fingerprint density at radius 2 is 1.48 bits per heavy atom. The zero-order chi connectivity index (χ0) is 23.6. The van der Waals surface area contributed by atoms with E-state index in [1.54, 1.807) is 24.3 Å². The molecule has 0 aliphatic carbocycles. The first-order chi connectivity index (χ1) is 15.8. The van der Waals surface area contributed by atoms with Crippen LogP contribution >= 0.6 is 0 Å². The topological polar surface area (TPSA) is 69.7 Å². The zero-order valence-corrected chi connectivity index (χ0v) is 19.4. The molecule has 1 aliphatic heterocycles. The van der Waals surface area contributed by atoms with Gasteiger partial charge < -0.3 is 10.2 Å². The highest BCUT2D eigenvalue weighted by Gasteiger charge is 2.29. The van der Waals surface area contributed by atoms with E-state index in [4.69, 9.17) is 0 Å². The van der Waals surface area contributed by atoms with Gasteiger partial charge >= 0.3 is 0 Å². The van der Waals surface area contributed by atoms with E-state index in [2.05, 4.69) is 5.32 Å². The van der Waals surface area contributed by atoms with Crippen LogP contribution in [0.4, 0.5) is 15.8 Å². The Balaban J connectivity index is 1.48.